The molecule has 0 amide bonds. The zero-order chi connectivity index (χ0) is 11.6. The minimum atomic E-state index is 0.216. The van der Waals surface area contributed by atoms with Crippen molar-refractivity contribution >= 4 is 0 Å². The summed E-state index contributed by atoms with van der Waals surface area (Å²) in [5, 5.41) is 0. The van der Waals surface area contributed by atoms with Crippen LogP contribution >= 0.6 is 0 Å². The predicted molar refractivity (Wildman–Crippen MR) is 68.4 cm³/mol. The maximum atomic E-state index is 4.13. The summed E-state index contributed by atoms with van der Waals surface area (Å²) < 4.78 is 0. The molecule has 0 aliphatic carbocycles. The van der Waals surface area contributed by atoms with Crippen LogP contribution in [0.25, 0.3) is 11.1 Å². The highest BCUT2D eigenvalue weighted by Gasteiger charge is 2.12. The lowest BCUT2D eigenvalue weighted by atomic mass is 9.86. The van der Waals surface area contributed by atoms with E-state index in [1.54, 1.807) is 6.20 Å². The second-order valence-corrected chi connectivity index (χ2v) is 5.07. The summed E-state index contributed by atoms with van der Waals surface area (Å²) in [5.74, 6) is 0. The Balaban J connectivity index is 2.34. The van der Waals surface area contributed by atoms with Gasteiger partial charge in [0.05, 0.1) is 0 Å². The molecule has 0 saturated carbocycles. The van der Waals surface area contributed by atoms with Crippen molar-refractivity contribution in [1.82, 2.24) is 4.98 Å². The second-order valence-electron chi connectivity index (χ2n) is 5.07. The topological polar surface area (TPSA) is 12.9 Å². The first kappa shape index (κ1) is 10.9. The van der Waals surface area contributed by atoms with Crippen molar-refractivity contribution in [2.75, 3.05) is 0 Å². The summed E-state index contributed by atoms with van der Waals surface area (Å²) in [5.41, 5.74) is 3.97. The zero-order valence-electron chi connectivity index (χ0n) is 10.1. The van der Waals surface area contributed by atoms with E-state index in [1.807, 2.05) is 12.3 Å². The second kappa shape index (κ2) is 4.09. The molecule has 1 heteroatoms. The van der Waals surface area contributed by atoms with Gasteiger partial charge in [-0.2, -0.15) is 0 Å². The fourth-order valence-electron chi connectivity index (χ4n) is 1.70. The summed E-state index contributed by atoms with van der Waals surface area (Å²) in [7, 11) is 0. The fraction of sp³-hybridized carbons (Fsp3) is 0.267. The van der Waals surface area contributed by atoms with Gasteiger partial charge < -0.3 is 0 Å². The van der Waals surface area contributed by atoms with Crippen molar-refractivity contribution in [2.45, 2.75) is 26.2 Å². The third-order valence-electron chi connectivity index (χ3n) is 2.75. The molecule has 1 heterocycles. The smallest absolute Gasteiger partial charge is 0.0346 e. The molecule has 0 bridgehead atoms. The Labute approximate surface area is 97.2 Å². The van der Waals surface area contributed by atoms with E-state index in [9.17, 15) is 0 Å². The first-order valence-electron chi connectivity index (χ1n) is 5.58. The van der Waals surface area contributed by atoms with Crippen LogP contribution in [0.5, 0.6) is 0 Å². The molecular formula is C15H17N. The van der Waals surface area contributed by atoms with E-state index in [4.69, 9.17) is 0 Å². The molecule has 0 radical (unpaired) electrons. The average Bonchev–Trinajstić information content (AvgIpc) is 2.29. The number of rotatable bonds is 1. The highest BCUT2D eigenvalue weighted by molar-refractivity contribution is 5.62. The van der Waals surface area contributed by atoms with Crippen LogP contribution in [0, 0.1) is 0 Å². The largest absolute Gasteiger partial charge is 0.264 e. The quantitative estimate of drug-likeness (QED) is 0.693. The van der Waals surface area contributed by atoms with Gasteiger partial charge in [0.25, 0.3) is 0 Å². The average molecular weight is 211 g/mol. The molecule has 1 nitrogen and oxygen atoms in total. The number of nitrogens with zero attached hydrogens (tertiary/aromatic N) is 1. The van der Waals surface area contributed by atoms with Gasteiger partial charge in [-0.3, -0.25) is 4.98 Å². The molecule has 0 aliphatic rings. The third-order valence-corrected chi connectivity index (χ3v) is 2.75. The lowest BCUT2D eigenvalue weighted by Crippen LogP contribution is -2.10. The van der Waals surface area contributed by atoms with Crippen molar-refractivity contribution in [3.05, 3.63) is 54.4 Å². The van der Waals surface area contributed by atoms with Crippen molar-refractivity contribution in [3.8, 4) is 11.1 Å². The van der Waals surface area contributed by atoms with Crippen LogP contribution in [0.1, 0.15) is 26.3 Å². The Morgan fingerprint density at radius 3 is 2.06 bits per heavy atom. The van der Waals surface area contributed by atoms with E-state index in [0.717, 1.165) is 0 Å². The maximum absolute atomic E-state index is 4.13. The van der Waals surface area contributed by atoms with E-state index in [1.165, 1.54) is 16.7 Å². The van der Waals surface area contributed by atoms with Gasteiger partial charge in [0.15, 0.2) is 0 Å². The van der Waals surface area contributed by atoms with E-state index < -0.39 is 0 Å². The van der Waals surface area contributed by atoms with E-state index in [0.29, 0.717) is 0 Å². The minimum absolute atomic E-state index is 0.216. The van der Waals surface area contributed by atoms with Crippen LogP contribution in [0.3, 0.4) is 0 Å². The van der Waals surface area contributed by atoms with Crippen LogP contribution in [0.2, 0.25) is 0 Å². The first-order chi connectivity index (χ1) is 7.57. The zero-order valence-corrected chi connectivity index (χ0v) is 10.1. The van der Waals surface area contributed by atoms with Crippen LogP contribution in [-0.2, 0) is 5.41 Å². The molecule has 0 atom stereocenters. The van der Waals surface area contributed by atoms with Gasteiger partial charge in [-0.1, -0.05) is 51.1 Å². The molecule has 82 valence electrons. The van der Waals surface area contributed by atoms with Crippen molar-refractivity contribution in [2.24, 2.45) is 0 Å². The summed E-state index contributed by atoms with van der Waals surface area (Å²) in [6, 6.07) is 12.8. The molecule has 0 N–H and O–H groups in total. The predicted octanol–water partition coefficient (Wildman–Crippen LogP) is 4.05. The monoisotopic (exact) mass is 211 g/mol. The Bertz CT molecular complexity index is 449. The van der Waals surface area contributed by atoms with Crippen molar-refractivity contribution < 1.29 is 0 Å². The molecule has 2 aromatic rings. The van der Waals surface area contributed by atoms with Crippen LogP contribution < -0.4 is 0 Å². The van der Waals surface area contributed by atoms with Gasteiger partial charge in [-0.25, -0.2) is 0 Å². The minimum Gasteiger partial charge on any atom is -0.264 e. The Kier molecular flexibility index (Phi) is 2.78. The van der Waals surface area contributed by atoms with Gasteiger partial charge in [0.1, 0.15) is 0 Å². The number of hydrogen-bond donors (Lipinski definition) is 0. The number of aromatic nitrogens is 1. The molecule has 0 unspecified atom stereocenters. The fourth-order valence-corrected chi connectivity index (χ4v) is 1.70. The first-order valence-corrected chi connectivity index (χ1v) is 5.58. The summed E-state index contributed by atoms with van der Waals surface area (Å²) >= 11 is 0. The Hall–Kier alpha value is -1.63. The van der Waals surface area contributed by atoms with Gasteiger partial charge in [-0.15, -0.1) is 0 Å². The molecule has 0 fully saturated rings. The number of hydrogen-bond acceptors (Lipinski definition) is 1. The molecule has 0 aliphatic heterocycles. The summed E-state index contributed by atoms with van der Waals surface area (Å²) in [6.07, 6.45) is 3.69. The molecule has 16 heavy (non-hydrogen) atoms. The summed E-state index contributed by atoms with van der Waals surface area (Å²) in [6.45, 7) is 6.68. The molecular weight excluding hydrogens is 194 g/mol. The molecule has 2 rings (SSSR count). The third kappa shape index (κ3) is 2.30. The van der Waals surface area contributed by atoms with Crippen LogP contribution in [0.15, 0.2) is 48.8 Å². The molecule has 0 saturated heterocycles. The Morgan fingerprint density at radius 1 is 0.875 bits per heavy atom. The SMILES string of the molecule is CC(C)(C)c1ccc(-c2cccnc2)cc1. The maximum Gasteiger partial charge on any atom is 0.0346 e. The van der Waals surface area contributed by atoms with E-state index in [-0.39, 0.29) is 5.41 Å². The van der Waals surface area contributed by atoms with Gasteiger partial charge in [0.2, 0.25) is 0 Å². The standard InChI is InChI=1S/C15H17N/c1-15(2,3)14-8-6-12(7-9-14)13-5-4-10-16-11-13/h4-11H,1-3H3. The summed E-state index contributed by atoms with van der Waals surface area (Å²) in [4.78, 5) is 4.13. The number of benzene rings is 1. The molecule has 0 spiro atoms. The number of pyridine rings is 1. The Morgan fingerprint density at radius 2 is 1.56 bits per heavy atom. The molecule has 1 aromatic carbocycles. The van der Waals surface area contributed by atoms with Gasteiger partial charge >= 0.3 is 0 Å². The van der Waals surface area contributed by atoms with Crippen molar-refractivity contribution in [1.29, 1.82) is 0 Å². The lowest BCUT2D eigenvalue weighted by Gasteiger charge is -2.19. The highest BCUT2D eigenvalue weighted by atomic mass is 14.6. The van der Waals surface area contributed by atoms with Crippen LogP contribution in [-0.4, -0.2) is 4.98 Å². The van der Waals surface area contributed by atoms with E-state index >= 15 is 0 Å². The lowest BCUT2D eigenvalue weighted by molar-refractivity contribution is 0.590. The van der Waals surface area contributed by atoms with E-state index in [2.05, 4.69) is 56.1 Å². The highest BCUT2D eigenvalue weighted by Crippen LogP contribution is 2.25. The normalized spacial score (nSPS) is 11.4. The van der Waals surface area contributed by atoms with Gasteiger partial charge in [0, 0.05) is 12.4 Å². The molecule has 1 aromatic heterocycles. The van der Waals surface area contributed by atoms with Gasteiger partial charge in [-0.05, 0) is 28.2 Å². The van der Waals surface area contributed by atoms with Crippen LogP contribution in [0.4, 0.5) is 0 Å². The van der Waals surface area contributed by atoms with Crippen molar-refractivity contribution in [3.63, 3.8) is 0 Å².